The van der Waals surface area contributed by atoms with Crippen molar-refractivity contribution in [1.29, 1.82) is 0 Å². The van der Waals surface area contributed by atoms with Gasteiger partial charge in [-0.15, -0.1) is 0 Å². The summed E-state index contributed by atoms with van der Waals surface area (Å²) in [6.45, 7) is 4.81. The number of halogens is 1. The molecule has 0 atom stereocenters. The first-order valence-electron chi connectivity index (χ1n) is 8.91. The van der Waals surface area contributed by atoms with Crippen molar-refractivity contribution in [3.63, 3.8) is 0 Å². The van der Waals surface area contributed by atoms with E-state index in [1.54, 1.807) is 12.4 Å². The number of nitrogens with zero attached hydrogens (tertiary/aromatic N) is 3. The van der Waals surface area contributed by atoms with Gasteiger partial charge in [0.05, 0.1) is 5.69 Å². The summed E-state index contributed by atoms with van der Waals surface area (Å²) in [6, 6.07) is 13.0. The van der Waals surface area contributed by atoms with Gasteiger partial charge >= 0.3 is 0 Å². The summed E-state index contributed by atoms with van der Waals surface area (Å²) in [4.78, 5) is 13.1. The largest absolute Gasteiger partial charge is 0.396 e. The number of hydrogen-bond acceptors (Lipinski definition) is 6. The summed E-state index contributed by atoms with van der Waals surface area (Å²) in [6.07, 6.45) is 4.10. The highest BCUT2D eigenvalue weighted by Gasteiger charge is 2.05. The molecule has 0 saturated heterocycles. The fraction of sp³-hybridized carbons (Fsp3) is 0.250. The SMILES string of the molecule is CC.OCCCNc1cc(-c2ccnc(Nc3cccc(Cl)c3)n2)ccn1. The zero-order valence-corrected chi connectivity index (χ0v) is 16.2. The van der Waals surface area contributed by atoms with Crippen LogP contribution in [0.3, 0.4) is 0 Å². The molecule has 6 nitrogen and oxygen atoms in total. The predicted octanol–water partition coefficient (Wildman–Crippen LogP) is 4.76. The Morgan fingerprint density at radius 2 is 1.85 bits per heavy atom. The number of anilines is 3. The average molecular weight is 386 g/mol. The monoisotopic (exact) mass is 385 g/mol. The predicted molar refractivity (Wildman–Crippen MR) is 112 cm³/mol. The van der Waals surface area contributed by atoms with E-state index in [0.717, 1.165) is 22.8 Å². The van der Waals surface area contributed by atoms with Crippen LogP contribution in [0.2, 0.25) is 5.02 Å². The first-order valence-corrected chi connectivity index (χ1v) is 9.29. The summed E-state index contributed by atoms with van der Waals surface area (Å²) >= 11 is 6.00. The summed E-state index contributed by atoms with van der Waals surface area (Å²) in [7, 11) is 0. The molecule has 3 aromatic rings. The summed E-state index contributed by atoms with van der Waals surface area (Å²) in [5, 5.41) is 15.8. The van der Waals surface area contributed by atoms with E-state index in [-0.39, 0.29) is 6.61 Å². The first kappa shape index (κ1) is 20.6. The van der Waals surface area contributed by atoms with Crippen molar-refractivity contribution in [3.05, 3.63) is 59.9 Å². The number of pyridine rings is 1. The molecular weight excluding hydrogens is 362 g/mol. The number of hydrogen-bond donors (Lipinski definition) is 3. The van der Waals surface area contributed by atoms with Gasteiger partial charge in [0.1, 0.15) is 5.82 Å². The third-order valence-corrected chi connectivity index (χ3v) is 3.67. The number of rotatable bonds is 7. The van der Waals surface area contributed by atoms with Gasteiger partial charge < -0.3 is 15.7 Å². The lowest BCUT2D eigenvalue weighted by molar-refractivity contribution is 0.292. The molecule has 27 heavy (non-hydrogen) atoms. The molecule has 2 aromatic heterocycles. The fourth-order valence-corrected chi connectivity index (χ4v) is 2.45. The second-order valence-corrected chi connectivity index (χ2v) is 5.77. The normalized spacial score (nSPS) is 9.93. The first-order chi connectivity index (χ1) is 13.2. The number of aliphatic hydroxyl groups is 1. The van der Waals surface area contributed by atoms with Gasteiger partial charge in [-0.05, 0) is 42.8 Å². The molecule has 0 radical (unpaired) electrons. The summed E-state index contributed by atoms with van der Waals surface area (Å²) in [5.74, 6) is 1.24. The molecule has 0 bridgehead atoms. The Kier molecular flexibility index (Phi) is 8.48. The third-order valence-electron chi connectivity index (χ3n) is 3.43. The van der Waals surface area contributed by atoms with E-state index in [1.807, 2.05) is 56.3 Å². The Hall–Kier alpha value is -2.70. The molecule has 2 heterocycles. The Labute approximate surface area is 164 Å². The summed E-state index contributed by atoms with van der Waals surface area (Å²) in [5.41, 5.74) is 2.54. The number of benzene rings is 1. The molecular formula is C20H24ClN5O. The van der Waals surface area contributed by atoms with Crippen LogP contribution in [-0.4, -0.2) is 33.2 Å². The van der Waals surface area contributed by atoms with Crippen molar-refractivity contribution in [2.75, 3.05) is 23.8 Å². The van der Waals surface area contributed by atoms with Crippen LogP contribution in [0, 0.1) is 0 Å². The van der Waals surface area contributed by atoms with Gasteiger partial charge in [-0.25, -0.2) is 15.0 Å². The van der Waals surface area contributed by atoms with Crippen molar-refractivity contribution in [2.24, 2.45) is 0 Å². The smallest absolute Gasteiger partial charge is 0.227 e. The second kappa shape index (κ2) is 11.1. The molecule has 142 valence electrons. The van der Waals surface area contributed by atoms with Crippen LogP contribution in [0.25, 0.3) is 11.3 Å². The number of nitrogens with one attached hydrogen (secondary N) is 2. The van der Waals surface area contributed by atoms with Crippen molar-refractivity contribution >= 4 is 29.1 Å². The van der Waals surface area contributed by atoms with Crippen LogP contribution in [0.5, 0.6) is 0 Å². The van der Waals surface area contributed by atoms with Gasteiger partial charge in [0.2, 0.25) is 5.95 Å². The van der Waals surface area contributed by atoms with E-state index in [0.29, 0.717) is 23.9 Å². The van der Waals surface area contributed by atoms with Crippen molar-refractivity contribution in [3.8, 4) is 11.3 Å². The molecule has 0 aliphatic carbocycles. The molecule has 0 saturated carbocycles. The number of aliphatic hydroxyl groups excluding tert-OH is 1. The van der Waals surface area contributed by atoms with E-state index in [2.05, 4.69) is 25.6 Å². The van der Waals surface area contributed by atoms with Gasteiger partial charge in [0.15, 0.2) is 0 Å². The van der Waals surface area contributed by atoms with Gasteiger partial charge in [-0.3, -0.25) is 0 Å². The standard InChI is InChI=1S/C18H18ClN5O.C2H6/c19-14-3-1-4-15(12-14)23-18-22-9-6-16(24-18)13-5-8-21-17(11-13)20-7-2-10-25;1-2/h1,3-6,8-9,11-12,25H,2,7,10H2,(H,20,21)(H,22,23,24);1-2H3. The minimum atomic E-state index is 0.150. The van der Waals surface area contributed by atoms with Crippen LogP contribution < -0.4 is 10.6 Å². The quantitative estimate of drug-likeness (QED) is 0.509. The Bertz CT molecular complexity index is 844. The lowest BCUT2D eigenvalue weighted by Gasteiger charge is -2.09. The Morgan fingerprint density at radius 3 is 2.63 bits per heavy atom. The topological polar surface area (TPSA) is 83.0 Å². The third kappa shape index (κ3) is 6.51. The minimum Gasteiger partial charge on any atom is -0.396 e. The van der Waals surface area contributed by atoms with E-state index in [9.17, 15) is 0 Å². The second-order valence-electron chi connectivity index (χ2n) is 5.33. The maximum Gasteiger partial charge on any atom is 0.227 e. The van der Waals surface area contributed by atoms with Gasteiger partial charge in [-0.2, -0.15) is 0 Å². The molecule has 0 aliphatic heterocycles. The average Bonchev–Trinajstić information content (AvgIpc) is 2.70. The van der Waals surface area contributed by atoms with E-state index in [1.165, 1.54) is 0 Å². The van der Waals surface area contributed by atoms with Gasteiger partial charge in [-0.1, -0.05) is 31.5 Å². The maximum absolute atomic E-state index is 8.85. The highest BCUT2D eigenvalue weighted by molar-refractivity contribution is 6.30. The zero-order valence-electron chi connectivity index (χ0n) is 15.5. The lowest BCUT2D eigenvalue weighted by atomic mass is 10.2. The molecule has 3 N–H and O–H groups in total. The van der Waals surface area contributed by atoms with Gasteiger partial charge in [0, 0.05) is 41.8 Å². The maximum atomic E-state index is 8.85. The van der Waals surface area contributed by atoms with Crippen LogP contribution in [-0.2, 0) is 0 Å². The molecule has 0 aliphatic rings. The Morgan fingerprint density at radius 1 is 1.04 bits per heavy atom. The molecule has 0 amide bonds. The summed E-state index contributed by atoms with van der Waals surface area (Å²) < 4.78 is 0. The highest BCUT2D eigenvalue weighted by Crippen LogP contribution is 2.22. The lowest BCUT2D eigenvalue weighted by Crippen LogP contribution is -2.05. The highest BCUT2D eigenvalue weighted by atomic mass is 35.5. The van der Waals surface area contributed by atoms with Crippen molar-refractivity contribution in [1.82, 2.24) is 15.0 Å². The minimum absolute atomic E-state index is 0.150. The van der Waals surface area contributed by atoms with Crippen LogP contribution in [0.1, 0.15) is 20.3 Å². The zero-order chi connectivity index (χ0) is 19.5. The molecule has 0 unspecified atom stereocenters. The van der Waals surface area contributed by atoms with E-state index >= 15 is 0 Å². The molecule has 0 fully saturated rings. The van der Waals surface area contributed by atoms with Crippen LogP contribution >= 0.6 is 11.6 Å². The van der Waals surface area contributed by atoms with E-state index < -0.39 is 0 Å². The van der Waals surface area contributed by atoms with Crippen LogP contribution in [0.4, 0.5) is 17.5 Å². The van der Waals surface area contributed by atoms with E-state index in [4.69, 9.17) is 16.7 Å². The Balaban J connectivity index is 0.00000126. The van der Waals surface area contributed by atoms with Gasteiger partial charge in [0.25, 0.3) is 0 Å². The fourth-order valence-electron chi connectivity index (χ4n) is 2.26. The molecule has 1 aromatic carbocycles. The molecule has 0 spiro atoms. The molecule has 3 rings (SSSR count). The number of aromatic nitrogens is 3. The molecule has 7 heteroatoms. The van der Waals surface area contributed by atoms with Crippen LogP contribution in [0.15, 0.2) is 54.9 Å². The van der Waals surface area contributed by atoms with Crippen molar-refractivity contribution in [2.45, 2.75) is 20.3 Å². The van der Waals surface area contributed by atoms with Crippen molar-refractivity contribution < 1.29 is 5.11 Å².